The first-order chi connectivity index (χ1) is 13.7. The van der Waals surface area contributed by atoms with Crippen molar-refractivity contribution in [1.29, 1.82) is 0 Å². The maximum atomic E-state index is 4.50. The van der Waals surface area contributed by atoms with Crippen LogP contribution < -0.4 is 5.32 Å². The fourth-order valence-corrected chi connectivity index (χ4v) is 3.85. The number of aryl methyl sites for hydroxylation is 1. The third-order valence-electron chi connectivity index (χ3n) is 5.21. The quantitative estimate of drug-likeness (QED) is 0.547. The van der Waals surface area contributed by atoms with Gasteiger partial charge in [0.05, 0.1) is 11.9 Å². The minimum atomic E-state index is 0.644. The summed E-state index contributed by atoms with van der Waals surface area (Å²) in [5.41, 5.74) is 3.59. The highest BCUT2D eigenvalue weighted by molar-refractivity contribution is 5.80. The van der Waals surface area contributed by atoms with Crippen molar-refractivity contribution in [2.24, 2.45) is 18.0 Å². The van der Waals surface area contributed by atoms with E-state index in [1.807, 2.05) is 41.9 Å². The summed E-state index contributed by atoms with van der Waals surface area (Å²) in [6.45, 7) is 2.81. The maximum absolute atomic E-state index is 4.50. The van der Waals surface area contributed by atoms with Crippen molar-refractivity contribution in [3.63, 3.8) is 0 Å². The van der Waals surface area contributed by atoms with Crippen LogP contribution in [0.3, 0.4) is 0 Å². The van der Waals surface area contributed by atoms with Gasteiger partial charge >= 0.3 is 0 Å². The van der Waals surface area contributed by atoms with E-state index in [2.05, 4.69) is 55.9 Å². The zero-order valence-corrected chi connectivity index (χ0v) is 16.5. The number of nitrogens with one attached hydrogen (secondary N) is 1. The average molecular weight is 377 g/mol. The normalized spacial score (nSPS) is 17.3. The molecule has 1 unspecified atom stereocenters. The number of guanidine groups is 1. The Balaban J connectivity index is 1.33. The monoisotopic (exact) mass is 377 g/mol. The van der Waals surface area contributed by atoms with Gasteiger partial charge in [0.2, 0.25) is 0 Å². The van der Waals surface area contributed by atoms with Crippen LogP contribution in [0, 0.1) is 5.92 Å². The summed E-state index contributed by atoms with van der Waals surface area (Å²) >= 11 is 0. The molecule has 1 aromatic carbocycles. The smallest absolute Gasteiger partial charge is 0.193 e. The summed E-state index contributed by atoms with van der Waals surface area (Å²) in [7, 11) is 3.83. The molecule has 0 radical (unpaired) electrons. The third-order valence-corrected chi connectivity index (χ3v) is 5.21. The maximum Gasteiger partial charge on any atom is 0.193 e. The van der Waals surface area contributed by atoms with E-state index in [4.69, 9.17) is 0 Å². The molecule has 28 heavy (non-hydrogen) atoms. The lowest BCUT2D eigenvalue weighted by atomic mass is 10.0. The van der Waals surface area contributed by atoms with Crippen LogP contribution >= 0.6 is 0 Å². The SMILES string of the molecule is CN=C(NCc1cccc(-n2cccn2)c1)N1CCC(Cc2cnn(C)c2)C1. The number of benzene rings is 1. The molecule has 1 N–H and O–H groups in total. The van der Waals surface area contributed by atoms with Crippen molar-refractivity contribution >= 4 is 5.96 Å². The zero-order valence-electron chi connectivity index (χ0n) is 16.5. The van der Waals surface area contributed by atoms with Crippen molar-refractivity contribution in [1.82, 2.24) is 29.8 Å². The van der Waals surface area contributed by atoms with Gasteiger partial charge in [0.15, 0.2) is 5.96 Å². The molecule has 1 aliphatic heterocycles. The molecule has 146 valence electrons. The molecule has 7 heteroatoms. The fourth-order valence-electron chi connectivity index (χ4n) is 3.85. The molecule has 1 saturated heterocycles. The van der Waals surface area contributed by atoms with Crippen LogP contribution in [-0.4, -0.2) is 50.6 Å². The van der Waals surface area contributed by atoms with Gasteiger partial charge in [0.1, 0.15) is 0 Å². The first-order valence-corrected chi connectivity index (χ1v) is 9.73. The predicted molar refractivity (Wildman–Crippen MR) is 110 cm³/mol. The van der Waals surface area contributed by atoms with Crippen molar-refractivity contribution < 1.29 is 0 Å². The molecular formula is C21H27N7. The van der Waals surface area contributed by atoms with E-state index in [0.717, 1.165) is 37.7 Å². The summed E-state index contributed by atoms with van der Waals surface area (Å²) in [6.07, 6.45) is 10.1. The van der Waals surface area contributed by atoms with Gasteiger partial charge in [0.25, 0.3) is 0 Å². The largest absolute Gasteiger partial charge is 0.352 e. The molecule has 0 spiro atoms. The lowest BCUT2D eigenvalue weighted by Crippen LogP contribution is -2.39. The molecule has 2 aromatic heterocycles. The molecule has 1 atom stereocenters. The molecule has 1 aliphatic rings. The second-order valence-electron chi connectivity index (χ2n) is 7.35. The van der Waals surface area contributed by atoms with Crippen LogP contribution in [0.1, 0.15) is 17.5 Å². The Morgan fingerprint density at radius 3 is 2.93 bits per heavy atom. The molecule has 1 fully saturated rings. The molecule has 3 heterocycles. The summed E-state index contributed by atoms with van der Waals surface area (Å²) in [5.74, 6) is 1.61. The number of rotatable bonds is 5. The van der Waals surface area contributed by atoms with E-state index >= 15 is 0 Å². The van der Waals surface area contributed by atoms with Crippen LogP contribution in [0.25, 0.3) is 5.69 Å². The van der Waals surface area contributed by atoms with Gasteiger partial charge in [-0.05, 0) is 48.1 Å². The van der Waals surface area contributed by atoms with Gasteiger partial charge in [-0.25, -0.2) is 4.68 Å². The van der Waals surface area contributed by atoms with E-state index in [-0.39, 0.29) is 0 Å². The third kappa shape index (κ3) is 4.24. The Kier molecular flexibility index (Phi) is 5.41. The van der Waals surface area contributed by atoms with Crippen LogP contribution in [0.2, 0.25) is 0 Å². The highest BCUT2D eigenvalue weighted by atomic mass is 15.3. The van der Waals surface area contributed by atoms with Gasteiger partial charge in [-0.15, -0.1) is 0 Å². The molecule has 0 aliphatic carbocycles. The van der Waals surface area contributed by atoms with Crippen LogP contribution in [0.15, 0.2) is 60.1 Å². The Morgan fingerprint density at radius 2 is 2.18 bits per heavy atom. The standard InChI is InChI=1S/C21H27N7/c1-22-21(27-10-7-18(16-27)11-19-14-25-26(2)15-19)23-13-17-5-3-6-20(12-17)28-9-4-8-24-28/h3-6,8-9,12,14-15,18H,7,10-11,13,16H2,1-2H3,(H,22,23). The second-order valence-corrected chi connectivity index (χ2v) is 7.35. The Morgan fingerprint density at radius 1 is 1.25 bits per heavy atom. The minimum Gasteiger partial charge on any atom is -0.352 e. The van der Waals surface area contributed by atoms with Gasteiger partial charge < -0.3 is 10.2 Å². The molecule has 7 nitrogen and oxygen atoms in total. The molecular weight excluding hydrogens is 350 g/mol. The lowest BCUT2D eigenvalue weighted by Gasteiger charge is -2.22. The number of aliphatic imine (C=N–C) groups is 1. The first-order valence-electron chi connectivity index (χ1n) is 9.73. The number of hydrogen-bond acceptors (Lipinski definition) is 3. The van der Waals surface area contributed by atoms with Gasteiger partial charge in [-0.2, -0.15) is 10.2 Å². The first kappa shape index (κ1) is 18.3. The Hall–Kier alpha value is -3.09. The summed E-state index contributed by atoms with van der Waals surface area (Å²) in [5, 5.41) is 12.1. The molecule has 4 rings (SSSR count). The fraction of sp³-hybridized carbons (Fsp3) is 0.381. The molecule has 0 saturated carbocycles. The zero-order chi connectivity index (χ0) is 19.3. The second kappa shape index (κ2) is 8.29. The van der Waals surface area contributed by atoms with Crippen molar-refractivity contribution in [2.45, 2.75) is 19.4 Å². The van der Waals surface area contributed by atoms with Gasteiger partial charge in [0, 0.05) is 52.3 Å². The highest BCUT2D eigenvalue weighted by Gasteiger charge is 2.25. The summed E-state index contributed by atoms with van der Waals surface area (Å²) < 4.78 is 3.75. The Labute approximate surface area is 165 Å². The molecule has 0 amide bonds. The highest BCUT2D eigenvalue weighted by Crippen LogP contribution is 2.21. The number of aromatic nitrogens is 4. The van der Waals surface area contributed by atoms with Crippen molar-refractivity contribution in [2.75, 3.05) is 20.1 Å². The predicted octanol–water partition coefficient (Wildman–Crippen LogP) is 2.25. The van der Waals surface area contributed by atoms with Gasteiger partial charge in [-0.3, -0.25) is 9.67 Å². The molecule has 3 aromatic rings. The molecule has 0 bridgehead atoms. The van der Waals surface area contributed by atoms with Crippen molar-refractivity contribution in [3.05, 3.63) is 66.2 Å². The van der Waals surface area contributed by atoms with Crippen LogP contribution in [-0.2, 0) is 20.0 Å². The van der Waals surface area contributed by atoms with E-state index in [9.17, 15) is 0 Å². The van der Waals surface area contributed by atoms with E-state index in [1.165, 1.54) is 17.5 Å². The summed E-state index contributed by atoms with van der Waals surface area (Å²) in [6, 6.07) is 10.3. The summed E-state index contributed by atoms with van der Waals surface area (Å²) in [4.78, 5) is 6.86. The number of likely N-dealkylation sites (tertiary alicyclic amines) is 1. The minimum absolute atomic E-state index is 0.644. The Bertz CT molecular complexity index is 926. The topological polar surface area (TPSA) is 63.3 Å². The van der Waals surface area contributed by atoms with E-state index in [1.54, 1.807) is 6.20 Å². The van der Waals surface area contributed by atoms with E-state index in [0.29, 0.717) is 5.92 Å². The van der Waals surface area contributed by atoms with E-state index < -0.39 is 0 Å². The number of nitrogens with zero attached hydrogens (tertiary/aromatic N) is 6. The van der Waals surface area contributed by atoms with Gasteiger partial charge in [-0.1, -0.05) is 12.1 Å². The number of hydrogen-bond donors (Lipinski definition) is 1. The van der Waals surface area contributed by atoms with Crippen LogP contribution in [0.4, 0.5) is 0 Å². The van der Waals surface area contributed by atoms with Crippen LogP contribution in [0.5, 0.6) is 0 Å². The van der Waals surface area contributed by atoms with Crippen molar-refractivity contribution in [3.8, 4) is 5.69 Å². The lowest BCUT2D eigenvalue weighted by molar-refractivity contribution is 0.459. The average Bonchev–Trinajstić information content (AvgIpc) is 3.46.